The van der Waals surface area contributed by atoms with Crippen LogP contribution in [0.1, 0.15) is 245 Å². The average molecular weight is 845 g/mol. The smallest absolute Gasteiger partial charge is 0.155 e. The molecular formula is C54H100O6. The molecule has 0 aliphatic heterocycles. The van der Waals surface area contributed by atoms with Crippen molar-refractivity contribution in [1.82, 2.24) is 0 Å². The second-order valence-corrected chi connectivity index (χ2v) is 17.1. The van der Waals surface area contributed by atoms with Gasteiger partial charge < -0.3 is 29.5 Å². The molecule has 0 aromatic rings. The maximum Gasteiger partial charge on any atom is 0.155 e. The van der Waals surface area contributed by atoms with Crippen LogP contribution in [-0.2, 0) is 14.2 Å². The lowest BCUT2D eigenvalue weighted by Gasteiger charge is -2.24. The molecule has 60 heavy (non-hydrogen) atoms. The van der Waals surface area contributed by atoms with E-state index in [1.165, 1.54) is 116 Å². The maximum absolute atomic E-state index is 10.7. The SMILES string of the molecule is CCC=CCC=CCC=CCCCCCCCC(O)OC(COC(O)CCCCCCCC=CCC=CCCCC)COC(O)CCCCCCCCCCCCCCC. The molecule has 0 aromatic carbocycles. The summed E-state index contributed by atoms with van der Waals surface area (Å²) >= 11 is 0. The second kappa shape index (κ2) is 50.1. The van der Waals surface area contributed by atoms with Gasteiger partial charge in [-0.1, -0.05) is 210 Å². The van der Waals surface area contributed by atoms with Crippen molar-refractivity contribution in [2.45, 2.75) is 270 Å². The summed E-state index contributed by atoms with van der Waals surface area (Å²) in [4.78, 5) is 0. The Balaban J connectivity index is 4.41. The monoisotopic (exact) mass is 845 g/mol. The van der Waals surface area contributed by atoms with Gasteiger partial charge in [0.05, 0.1) is 13.2 Å². The summed E-state index contributed by atoms with van der Waals surface area (Å²) in [7, 11) is 0. The largest absolute Gasteiger partial charge is 0.368 e. The fraction of sp³-hybridized carbons (Fsp3) is 0.815. The third-order valence-corrected chi connectivity index (χ3v) is 11.1. The fourth-order valence-electron chi connectivity index (χ4n) is 7.24. The van der Waals surface area contributed by atoms with Crippen molar-refractivity contribution in [2.24, 2.45) is 0 Å². The minimum Gasteiger partial charge on any atom is -0.368 e. The van der Waals surface area contributed by atoms with Crippen molar-refractivity contribution in [3.8, 4) is 0 Å². The molecule has 0 heterocycles. The predicted octanol–water partition coefficient (Wildman–Crippen LogP) is 15.9. The number of unbranched alkanes of at least 4 members (excludes halogenated alkanes) is 24. The zero-order chi connectivity index (χ0) is 43.7. The fourth-order valence-corrected chi connectivity index (χ4v) is 7.24. The van der Waals surface area contributed by atoms with Crippen molar-refractivity contribution in [3.63, 3.8) is 0 Å². The van der Waals surface area contributed by atoms with Gasteiger partial charge in [0.25, 0.3) is 0 Å². The Kier molecular flexibility index (Phi) is 48.8. The summed E-state index contributed by atoms with van der Waals surface area (Å²) in [5.41, 5.74) is 0. The van der Waals surface area contributed by atoms with Gasteiger partial charge in [-0.3, -0.25) is 0 Å². The van der Waals surface area contributed by atoms with Crippen LogP contribution in [0.3, 0.4) is 0 Å². The molecule has 4 unspecified atom stereocenters. The molecule has 6 nitrogen and oxygen atoms in total. The number of hydrogen-bond acceptors (Lipinski definition) is 6. The highest BCUT2D eigenvalue weighted by atomic mass is 16.7. The molecule has 0 radical (unpaired) electrons. The third-order valence-electron chi connectivity index (χ3n) is 11.1. The van der Waals surface area contributed by atoms with E-state index in [-0.39, 0.29) is 13.2 Å². The topological polar surface area (TPSA) is 88.4 Å². The highest BCUT2D eigenvalue weighted by Gasteiger charge is 2.19. The Morgan fingerprint density at radius 1 is 0.333 bits per heavy atom. The van der Waals surface area contributed by atoms with Crippen molar-refractivity contribution < 1.29 is 29.5 Å². The first-order valence-corrected chi connectivity index (χ1v) is 25.7. The maximum atomic E-state index is 10.7. The predicted molar refractivity (Wildman–Crippen MR) is 259 cm³/mol. The van der Waals surface area contributed by atoms with E-state index in [9.17, 15) is 15.3 Å². The van der Waals surface area contributed by atoms with Gasteiger partial charge in [-0.25, -0.2) is 0 Å². The molecule has 4 atom stereocenters. The van der Waals surface area contributed by atoms with E-state index in [1.807, 2.05) is 0 Å². The van der Waals surface area contributed by atoms with Crippen molar-refractivity contribution >= 4 is 0 Å². The molecule has 0 saturated heterocycles. The first-order chi connectivity index (χ1) is 29.5. The minimum atomic E-state index is -0.928. The van der Waals surface area contributed by atoms with Crippen LogP contribution in [-0.4, -0.2) is 53.5 Å². The van der Waals surface area contributed by atoms with Gasteiger partial charge in [-0.05, 0) is 96.3 Å². The van der Waals surface area contributed by atoms with Crippen LogP contribution in [0.15, 0.2) is 60.8 Å². The first-order valence-electron chi connectivity index (χ1n) is 25.7. The Bertz CT molecular complexity index is 973. The van der Waals surface area contributed by atoms with E-state index < -0.39 is 25.0 Å². The van der Waals surface area contributed by atoms with Crippen molar-refractivity contribution in [2.75, 3.05) is 13.2 Å². The Morgan fingerprint density at radius 3 is 1.05 bits per heavy atom. The number of aliphatic hydroxyl groups is 3. The molecular weight excluding hydrogens is 745 g/mol. The van der Waals surface area contributed by atoms with Crippen LogP contribution in [0.4, 0.5) is 0 Å². The van der Waals surface area contributed by atoms with Gasteiger partial charge in [-0.15, -0.1) is 0 Å². The summed E-state index contributed by atoms with van der Waals surface area (Å²) in [6, 6.07) is 0. The molecule has 352 valence electrons. The molecule has 0 rings (SSSR count). The van der Waals surface area contributed by atoms with Crippen LogP contribution >= 0.6 is 0 Å². The lowest BCUT2D eigenvalue weighted by Crippen LogP contribution is -2.34. The second-order valence-electron chi connectivity index (χ2n) is 17.1. The molecule has 0 bridgehead atoms. The Hall–Kier alpha value is -1.54. The molecule has 0 aliphatic carbocycles. The number of aliphatic hydroxyl groups excluding tert-OH is 3. The van der Waals surface area contributed by atoms with Gasteiger partial charge in [-0.2, -0.15) is 0 Å². The quantitative estimate of drug-likeness (QED) is 0.0321. The molecule has 0 amide bonds. The Labute approximate surface area is 372 Å². The summed E-state index contributed by atoms with van der Waals surface area (Å²) in [5.74, 6) is 0. The van der Waals surface area contributed by atoms with E-state index in [0.717, 1.165) is 89.9 Å². The summed E-state index contributed by atoms with van der Waals surface area (Å²) in [5, 5.41) is 31.9. The van der Waals surface area contributed by atoms with Gasteiger partial charge in [0, 0.05) is 0 Å². The average Bonchev–Trinajstić information content (AvgIpc) is 3.24. The molecule has 0 spiro atoms. The standard InChI is InChI=1S/C54H100O6/c1-4-7-10-13-16-19-22-25-27-30-33-36-39-42-45-48-54(57)60-51(49-58-52(55)46-43-40-37-34-31-28-24-21-18-15-12-9-6-3)50-59-53(56)47-44-41-38-35-32-29-26-23-20-17-14-11-8-5-2/h7,10,14,16-17,19,23,25-27,51-57H,4-6,8-9,11-13,15,18,20-22,24,28-50H2,1-3H3. The number of ether oxygens (including phenoxy) is 3. The third kappa shape index (κ3) is 47.5. The summed E-state index contributed by atoms with van der Waals surface area (Å²) in [6.07, 6.45) is 58.9. The van der Waals surface area contributed by atoms with Gasteiger partial charge in [0.2, 0.25) is 0 Å². The summed E-state index contributed by atoms with van der Waals surface area (Å²) < 4.78 is 17.6. The number of rotatable bonds is 48. The van der Waals surface area contributed by atoms with Crippen molar-refractivity contribution in [3.05, 3.63) is 60.8 Å². The van der Waals surface area contributed by atoms with E-state index >= 15 is 0 Å². The molecule has 0 aliphatic rings. The van der Waals surface area contributed by atoms with Crippen LogP contribution in [0.25, 0.3) is 0 Å². The van der Waals surface area contributed by atoms with Gasteiger partial charge in [0.1, 0.15) is 6.10 Å². The molecule has 0 aromatic heterocycles. The van der Waals surface area contributed by atoms with E-state index in [2.05, 4.69) is 81.5 Å². The lowest BCUT2D eigenvalue weighted by molar-refractivity contribution is -0.212. The Morgan fingerprint density at radius 2 is 0.650 bits per heavy atom. The first kappa shape index (κ1) is 58.5. The molecule has 3 N–H and O–H groups in total. The van der Waals surface area contributed by atoms with Crippen LogP contribution in [0.5, 0.6) is 0 Å². The molecule has 0 fully saturated rings. The zero-order valence-corrected chi connectivity index (χ0v) is 39.8. The van der Waals surface area contributed by atoms with Gasteiger partial charge >= 0.3 is 0 Å². The van der Waals surface area contributed by atoms with Crippen LogP contribution < -0.4 is 0 Å². The number of hydrogen-bond donors (Lipinski definition) is 3. The van der Waals surface area contributed by atoms with E-state index in [4.69, 9.17) is 14.2 Å². The highest BCUT2D eigenvalue weighted by Crippen LogP contribution is 2.16. The normalized spacial score (nSPS) is 14.6. The van der Waals surface area contributed by atoms with E-state index in [0.29, 0.717) is 19.3 Å². The highest BCUT2D eigenvalue weighted by molar-refractivity contribution is 4.97. The molecule has 0 saturated carbocycles. The van der Waals surface area contributed by atoms with Crippen LogP contribution in [0.2, 0.25) is 0 Å². The van der Waals surface area contributed by atoms with Crippen molar-refractivity contribution in [1.29, 1.82) is 0 Å². The van der Waals surface area contributed by atoms with E-state index in [1.54, 1.807) is 0 Å². The minimum absolute atomic E-state index is 0.114. The zero-order valence-electron chi connectivity index (χ0n) is 39.8. The summed E-state index contributed by atoms with van der Waals surface area (Å²) in [6.45, 7) is 6.89. The van der Waals surface area contributed by atoms with Gasteiger partial charge in [0.15, 0.2) is 18.9 Å². The van der Waals surface area contributed by atoms with Crippen LogP contribution in [0, 0.1) is 0 Å². The molecule has 6 heteroatoms. The lowest BCUT2D eigenvalue weighted by atomic mass is 10.0. The number of allylic oxidation sites excluding steroid dienone is 10.